The van der Waals surface area contributed by atoms with Crippen molar-refractivity contribution in [2.24, 2.45) is 0 Å². The number of nitrogens with zero attached hydrogens (tertiary/aromatic N) is 2. The molecule has 0 unspecified atom stereocenters. The van der Waals surface area contributed by atoms with Crippen molar-refractivity contribution in [3.63, 3.8) is 0 Å². The van der Waals surface area contributed by atoms with Crippen molar-refractivity contribution in [3.8, 4) is 28.7 Å². The molecule has 3 aliphatic rings. The molecule has 0 atom stereocenters. The molecule has 1 fully saturated rings. The van der Waals surface area contributed by atoms with E-state index < -0.39 is 0 Å². The van der Waals surface area contributed by atoms with Gasteiger partial charge in [0.05, 0.1) is 14.2 Å². The molecule has 3 heterocycles. The summed E-state index contributed by atoms with van der Waals surface area (Å²) in [6, 6.07) is 9.76. The van der Waals surface area contributed by atoms with Gasteiger partial charge in [0.15, 0.2) is 23.0 Å². The number of rotatable bonds is 7. The van der Waals surface area contributed by atoms with Gasteiger partial charge in [-0.15, -0.1) is 12.4 Å². The number of methoxy groups -OCH3 is 2. The minimum absolute atomic E-state index is 0. The second kappa shape index (κ2) is 11.3. The number of ether oxygens (including phenoxy) is 5. The molecule has 0 aliphatic carbocycles. The van der Waals surface area contributed by atoms with E-state index in [1.165, 1.54) is 5.56 Å². The number of piperidine rings is 1. The van der Waals surface area contributed by atoms with Crippen LogP contribution in [0.1, 0.15) is 30.4 Å². The van der Waals surface area contributed by atoms with Gasteiger partial charge in [-0.1, -0.05) is 0 Å². The van der Waals surface area contributed by atoms with Crippen LogP contribution in [0, 0.1) is 0 Å². The summed E-state index contributed by atoms with van der Waals surface area (Å²) in [5.74, 6) is 3.99. The Morgan fingerprint density at radius 1 is 0.971 bits per heavy atom. The molecule has 35 heavy (non-hydrogen) atoms. The number of benzene rings is 2. The summed E-state index contributed by atoms with van der Waals surface area (Å²) in [7, 11) is 3.29. The van der Waals surface area contributed by atoms with Gasteiger partial charge in [0.25, 0.3) is 0 Å². The van der Waals surface area contributed by atoms with Gasteiger partial charge in [-0.2, -0.15) is 0 Å². The van der Waals surface area contributed by atoms with Crippen molar-refractivity contribution >= 4 is 18.3 Å². The summed E-state index contributed by atoms with van der Waals surface area (Å²) in [4.78, 5) is 17.2. The molecule has 0 aromatic heterocycles. The van der Waals surface area contributed by atoms with Crippen molar-refractivity contribution in [1.29, 1.82) is 0 Å². The Bertz CT molecular complexity index is 1040. The van der Waals surface area contributed by atoms with Gasteiger partial charge in [0, 0.05) is 45.2 Å². The fourth-order valence-corrected chi connectivity index (χ4v) is 4.90. The van der Waals surface area contributed by atoms with Crippen molar-refractivity contribution in [3.05, 3.63) is 41.5 Å². The SMILES string of the molecule is COc1cc2c(cc1OC)CN(C(=O)CCN1CCC(Oc3ccc4c(c3)OCO4)CC1)CC2.Cl. The molecule has 3 aliphatic heterocycles. The Morgan fingerprint density at radius 2 is 1.69 bits per heavy atom. The zero-order chi connectivity index (χ0) is 23.5. The number of amides is 1. The summed E-state index contributed by atoms with van der Waals surface area (Å²) in [5, 5.41) is 0. The number of hydrogen-bond acceptors (Lipinski definition) is 7. The van der Waals surface area contributed by atoms with E-state index in [4.69, 9.17) is 23.7 Å². The highest BCUT2D eigenvalue weighted by Crippen LogP contribution is 2.36. The monoisotopic (exact) mass is 504 g/mol. The molecule has 2 aromatic carbocycles. The molecule has 1 amide bonds. The van der Waals surface area contributed by atoms with E-state index in [2.05, 4.69) is 4.90 Å². The van der Waals surface area contributed by atoms with Crippen LogP contribution in [-0.4, -0.2) is 69.0 Å². The normalized spacial score (nSPS) is 17.4. The standard InChI is InChI=1S/C26H32N2O6.ClH/c1-30-23-13-18-5-12-28(16-19(18)14-24(23)31-2)26(29)8-11-27-9-6-20(7-10-27)34-21-3-4-22-25(15-21)33-17-32-22;/h3-4,13-15,20H,5-12,16-17H2,1-2H3;1H. The number of fused-ring (bicyclic) bond motifs is 2. The van der Waals surface area contributed by atoms with Gasteiger partial charge in [-0.3, -0.25) is 4.79 Å². The molecule has 0 spiro atoms. The topological polar surface area (TPSA) is 69.7 Å². The smallest absolute Gasteiger partial charge is 0.231 e. The minimum Gasteiger partial charge on any atom is -0.493 e. The molecule has 8 nitrogen and oxygen atoms in total. The maximum absolute atomic E-state index is 12.9. The zero-order valence-corrected chi connectivity index (χ0v) is 21.1. The van der Waals surface area contributed by atoms with Crippen LogP contribution in [-0.2, 0) is 17.8 Å². The van der Waals surface area contributed by atoms with E-state index in [-0.39, 0.29) is 31.2 Å². The van der Waals surface area contributed by atoms with Crippen molar-refractivity contribution in [2.45, 2.75) is 38.3 Å². The van der Waals surface area contributed by atoms with Crippen LogP contribution in [0.3, 0.4) is 0 Å². The number of carbonyl (C=O) groups is 1. The average Bonchev–Trinajstić information content (AvgIpc) is 3.35. The highest BCUT2D eigenvalue weighted by atomic mass is 35.5. The Kier molecular flexibility index (Phi) is 8.13. The first-order valence-corrected chi connectivity index (χ1v) is 11.9. The van der Waals surface area contributed by atoms with E-state index in [9.17, 15) is 4.79 Å². The molecular formula is C26H33ClN2O6. The Morgan fingerprint density at radius 3 is 2.43 bits per heavy atom. The van der Waals surface area contributed by atoms with E-state index in [1.54, 1.807) is 14.2 Å². The van der Waals surface area contributed by atoms with E-state index >= 15 is 0 Å². The average molecular weight is 505 g/mol. The first kappa shape index (κ1) is 25.3. The molecule has 5 rings (SSSR count). The highest BCUT2D eigenvalue weighted by Gasteiger charge is 2.25. The van der Waals surface area contributed by atoms with Crippen LogP contribution < -0.4 is 23.7 Å². The van der Waals surface area contributed by atoms with Gasteiger partial charge in [-0.05, 0) is 54.7 Å². The molecule has 190 valence electrons. The fourth-order valence-electron chi connectivity index (χ4n) is 4.90. The zero-order valence-electron chi connectivity index (χ0n) is 20.3. The second-order valence-corrected chi connectivity index (χ2v) is 8.97. The third-order valence-corrected chi connectivity index (χ3v) is 6.89. The van der Waals surface area contributed by atoms with Gasteiger partial charge in [0.1, 0.15) is 11.9 Å². The summed E-state index contributed by atoms with van der Waals surface area (Å²) in [6.45, 7) is 4.28. The highest BCUT2D eigenvalue weighted by molar-refractivity contribution is 5.85. The lowest BCUT2D eigenvalue weighted by Crippen LogP contribution is -2.41. The van der Waals surface area contributed by atoms with Crippen LogP contribution in [0.4, 0.5) is 0 Å². The molecule has 0 bridgehead atoms. The summed E-state index contributed by atoms with van der Waals surface area (Å²) in [6.07, 6.45) is 3.45. The van der Waals surface area contributed by atoms with Crippen LogP contribution in [0.25, 0.3) is 0 Å². The summed E-state index contributed by atoms with van der Waals surface area (Å²) < 4.78 is 27.8. The first-order chi connectivity index (χ1) is 16.6. The van der Waals surface area contributed by atoms with Gasteiger partial charge < -0.3 is 33.5 Å². The van der Waals surface area contributed by atoms with Gasteiger partial charge in [0.2, 0.25) is 12.7 Å². The van der Waals surface area contributed by atoms with Crippen LogP contribution in [0.5, 0.6) is 28.7 Å². The van der Waals surface area contributed by atoms with Crippen molar-refractivity contribution in [1.82, 2.24) is 9.80 Å². The van der Waals surface area contributed by atoms with Crippen molar-refractivity contribution in [2.75, 3.05) is 47.2 Å². The molecular weight excluding hydrogens is 472 g/mol. The maximum Gasteiger partial charge on any atom is 0.231 e. The molecule has 0 radical (unpaired) electrons. The molecule has 2 aromatic rings. The predicted octanol–water partition coefficient (Wildman–Crippen LogP) is 3.67. The third-order valence-electron chi connectivity index (χ3n) is 6.89. The Labute approximate surface area is 212 Å². The largest absolute Gasteiger partial charge is 0.493 e. The van der Waals surface area contributed by atoms with Gasteiger partial charge >= 0.3 is 0 Å². The van der Waals surface area contributed by atoms with E-state index in [0.29, 0.717) is 18.7 Å². The first-order valence-electron chi connectivity index (χ1n) is 11.9. The summed E-state index contributed by atoms with van der Waals surface area (Å²) in [5.41, 5.74) is 2.37. The lowest BCUT2D eigenvalue weighted by Gasteiger charge is -2.33. The van der Waals surface area contributed by atoms with Crippen LogP contribution in [0.15, 0.2) is 30.3 Å². The molecule has 1 saturated heterocycles. The second-order valence-electron chi connectivity index (χ2n) is 8.97. The molecule has 0 N–H and O–H groups in total. The minimum atomic E-state index is 0. The van der Waals surface area contributed by atoms with Crippen LogP contribution in [0.2, 0.25) is 0 Å². The predicted molar refractivity (Wildman–Crippen MR) is 133 cm³/mol. The Balaban J connectivity index is 0.00000289. The third kappa shape index (κ3) is 5.70. The van der Waals surface area contributed by atoms with E-state index in [0.717, 1.165) is 74.0 Å². The fraction of sp³-hybridized carbons (Fsp3) is 0.500. The number of hydrogen-bond donors (Lipinski definition) is 0. The quantitative estimate of drug-likeness (QED) is 0.569. The lowest BCUT2D eigenvalue weighted by atomic mass is 9.98. The number of likely N-dealkylation sites (tertiary alicyclic amines) is 1. The summed E-state index contributed by atoms with van der Waals surface area (Å²) >= 11 is 0. The number of carbonyl (C=O) groups excluding carboxylic acids is 1. The number of halogens is 1. The van der Waals surface area contributed by atoms with Crippen LogP contribution >= 0.6 is 12.4 Å². The Hall–Kier alpha value is -2.84. The van der Waals surface area contributed by atoms with Crippen molar-refractivity contribution < 1.29 is 28.5 Å². The molecule has 0 saturated carbocycles. The maximum atomic E-state index is 12.9. The van der Waals surface area contributed by atoms with E-state index in [1.807, 2.05) is 35.2 Å². The van der Waals surface area contributed by atoms with Gasteiger partial charge in [-0.25, -0.2) is 0 Å². The lowest BCUT2D eigenvalue weighted by molar-refractivity contribution is -0.132. The molecule has 9 heteroatoms.